The van der Waals surface area contributed by atoms with E-state index in [2.05, 4.69) is 5.10 Å². The molecular weight excluding hydrogens is 355 g/mol. The van der Waals surface area contributed by atoms with Gasteiger partial charge in [0, 0.05) is 29.2 Å². The van der Waals surface area contributed by atoms with Crippen molar-refractivity contribution in [1.82, 2.24) is 9.78 Å². The zero-order valence-corrected chi connectivity index (χ0v) is 16.1. The topological polar surface area (TPSA) is 64.2 Å². The maximum absolute atomic E-state index is 13.2. The Hall–Kier alpha value is -3.15. The van der Waals surface area contributed by atoms with Crippen LogP contribution in [0, 0.1) is 19.7 Å². The number of nitrogens with two attached hydrogens (primary N) is 1. The van der Waals surface area contributed by atoms with Crippen molar-refractivity contribution < 1.29 is 9.18 Å². The molecule has 0 radical (unpaired) electrons. The monoisotopic (exact) mass is 378 g/mol. The summed E-state index contributed by atoms with van der Waals surface area (Å²) in [4.78, 5) is 15.0. The molecule has 1 amide bonds. The summed E-state index contributed by atoms with van der Waals surface area (Å²) in [5.41, 5.74) is 12.2. The van der Waals surface area contributed by atoms with Crippen molar-refractivity contribution in [2.24, 2.45) is 0 Å². The fourth-order valence-corrected chi connectivity index (χ4v) is 3.92. The lowest BCUT2D eigenvalue weighted by atomic mass is 9.99. The van der Waals surface area contributed by atoms with Gasteiger partial charge in [-0.2, -0.15) is 5.10 Å². The van der Waals surface area contributed by atoms with Gasteiger partial charge in [-0.1, -0.05) is 6.07 Å². The maximum atomic E-state index is 13.2. The highest BCUT2D eigenvalue weighted by Gasteiger charge is 2.25. The predicted octanol–water partition coefficient (Wildman–Crippen LogP) is 3.73. The van der Waals surface area contributed by atoms with Gasteiger partial charge in [0.25, 0.3) is 0 Å². The predicted molar refractivity (Wildman–Crippen MR) is 108 cm³/mol. The first-order valence-electron chi connectivity index (χ1n) is 9.44. The summed E-state index contributed by atoms with van der Waals surface area (Å²) in [5, 5.41) is 4.57. The van der Waals surface area contributed by atoms with E-state index >= 15 is 0 Å². The first-order chi connectivity index (χ1) is 13.5. The van der Waals surface area contributed by atoms with E-state index in [1.807, 2.05) is 36.9 Å². The van der Waals surface area contributed by atoms with Crippen LogP contribution in [-0.2, 0) is 17.6 Å². The number of rotatable bonds is 3. The number of carbonyl (C=O) groups is 1. The molecule has 2 N–H and O–H groups in total. The third-order valence-corrected chi connectivity index (χ3v) is 5.43. The van der Waals surface area contributed by atoms with Crippen LogP contribution in [0.3, 0.4) is 0 Å². The van der Waals surface area contributed by atoms with Crippen LogP contribution in [-0.4, -0.2) is 22.2 Å². The smallest absolute Gasteiger partial charge is 0.231 e. The second kappa shape index (κ2) is 7.11. The van der Waals surface area contributed by atoms with E-state index in [9.17, 15) is 9.18 Å². The van der Waals surface area contributed by atoms with Crippen molar-refractivity contribution in [3.8, 4) is 5.69 Å². The Bertz CT molecular complexity index is 1040. The van der Waals surface area contributed by atoms with E-state index in [0.717, 1.165) is 52.4 Å². The Morgan fingerprint density at radius 1 is 1.18 bits per heavy atom. The van der Waals surface area contributed by atoms with Crippen molar-refractivity contribution in [3.63, 3.8) is 0 Å². The van der Waals surface area contributed by atoms with Crippen molar-refractivity contribution >= 4 is 17.3 Å². The number of nitrogen functional groups attached to an aromatic ring is 1. The Balaban J connectivity index is 1.63. The van der Waals surface area contributed by atoms with Crippen LogP contribution >= 0.6 is 0 Å². The van der Waals surface area contributed by atoms with Crippen LogP contribution in [0.4, 0.5) is 15.8 Å². The largest absolute Gasteiger partial charge is 0.398 e. The number of nitrogens with zero attached hydrogens (tertiary/aromatic N) is 3. The lowest BCUT2D eigenvalue weighted by Crippen LogP contribution is -2.37. The Kier molecular flexibility index (Phi) is 4.63. The van der Waals surface area contributed by atoms with Gasteiger partial charge in [-0.05, 0) is 68.7 Å². The second-order valence-electron chi connectivity index (χ2n) is 7.21. The van der Waals surface area contributed by atoms with Gasteiger partial charge in [0.15, 0.2) is 0 Å². The third kappa shape index (κ3) is 3.15. The number of carbonyl (C=O) groups excluding carboxylic acids is 1. The number of fused-ring (bicyclic) bond motifs is 1. The summed E-state index contributed by atoms with van der Waals surface area (Å²) in [6.45, 7) is 4.53. The van der Waals surface area contributed by atoms with E-state index in [0.29, 0.717) is 6.54 Å². The molecule has 5 nitrogen and oxygen atoms in total. The van der Waals surface area contributed by atoms with Gasteiger partial charge < -0.3 is 10.6 Å². The van der Waals surface area contributed by atoms with Crippen LogP contribution in [0.1, 0.15) is 28.9 Å². The molecule has 1 aliphatic rings. The number of hydrogen-bond donors (Lipinski definition) is 1. The summed E-state index contributed by atoms with van der Waals surface area (Å²) in [5.74, 6) is -0.250. The van der Waals surface area contributed by atoms with Gasteiger partial charge in [0.1, 0.15) is 5.82 Å². The highest BCUT2D eigenvalue weighted by molar-refractivity contribution is 5.97. The van der Waals surface area contributed by atoms with Crippen LogP contribution in [0.15, 0.2) is 42.5 Å². The molecule has 0 aliphatic carbocycles. The zero-order valence-electron chi connectivity index (χ0n) is 16.1. The molecule has 1 aromatic heterocycles. The third-order valence-electron chi connectivity index (χ3n) is 5.43. The Labute approximate surface area is 163 Å². The van der Waals surface area contributed by atoms with E-state index in [4.69, 9.17) is 5.73 Å². The molecule has 6 heteroatoms. The molecule has 144 valence electrons. The van der Waals surface area contributed by atoms with Gasteiger partial charge in [-0.15, -0.1) is 0 Å². The highest BCUT2D eigenvalue weighted by Crippen LogP contribution is 2.32. The number of aromatic nitrogens is 2. The minimum absolute atomic E-state index is 0.0383. The van der Waals surface area contributed by atoms with E-state index in [1.165, 1.54) is 12.1 Å². The van der Waals surface area contributed by atoms with Gasteiger partial charge >= 0.3 is 0 Å². The van der Waals surface area contributed by atoms with Gasteiger partial charge in [-0.25, -0.2) is 9.07 Å². The van der Waals surface area contributed by atoms with Crippen LogP contribution < -0.4 is 10.6 Å². The van der Waals surface area contributed by atoms with Gasteiger partial charge in [0.2, 0.25) is 5.91 Å². The lowest BCUT2D eigenvalue weighted by molar-refractivity contribution is -0.118. The fourth-order valence-electron chi connectivity index (χ4n) is 3.92. The molecule has 3 aromatic rings. The molecule has 4 rings (SSSR count). The summed E-state index contributed by atoms with van der Waals surface area (Å²) >= 11 is 0. The van der Waals surface area contributed by atoms with Crippen LogP contribution in [0.5, 0.6) is 0 Å². The average Bonchev–Trinajstić information content (AvgIpc) is 2.97. The number of halogens is 1. The number of aryl methyl sites for hydroxylation is 1. The van der Waals surface area contributed by atoms with Crippen LogP contribution in [0.2, 0.25) is 0 Å². The first kappa shape index (κ1) is 18.2. The number of hydrogen-bond acceptors (Lipinski definition) is 3. The normalized spacial score (nSPS) is 13.5. The molecule has 2 aromatic carbocycles. The highest BCUT2D eigenvalue weighted by atomic mass is 19.1. The Morgan fingerprint density at radius 2 is 1.93 bits per heavy atom. The minimum atomic E-state index is -0.288. The molecule has 28 heavy (non-hydrogen) atoms. The maximum Gasteiger partial charge on any atom is 0.231 e. The van der Waals surface area contributed by atoms with Crippen molar-refractivity contribution in [1.29, 1.82) is 0 Å². The minimum Gasteiger partial charge on any atom is -0.398 e. The number of amides is 1. The lowest BCUT2D eigenvalue weighted by Gasteiger charge is -2.30. The summed E-state index contributed by atoms with van der Waals surface area (Å²) in [6, 6.07) is 11.9. The Morgan fingerprint density at radius 3 is 2.68 bits per heavy atom. The van der Waals surface area contributed by atoms with E-state index < -0.39 is 0 Å². The quantitative estimate of drug-likeness (QED) is 0.706. The van der Waals surface area contributed by atoms with Gasteiger partial charge in [0.05, 0.1) is 17.8 Å². The number of anilines is 2. The number of benzene rings is 2. The standard InChI is InChI=1S/C22H23FN4O/c1-14-19(15(2)27(25-14)17-10-8-16(23)9-11-17)13-22(28)26-12-4-5-18-20(24)6-3-7-21(18)26/h3,6-11H,4-5,12-13,24H2,1-2H3. The van der Waals surface area contributed by atoms with Gasteiger partial charge in [-0.3, -0.25) is 4.79 Å². The van der Waals surface area contributed by atoms with Crippen LogP contribution in [0.25, 0.3) is 5.69 Å². The van der Waals surface area contributed by atoms with Crippen molar-refractivity contribution in [2.45, 2.75) is 33.1 Å². The summed E-state index contributed by atoms with van der Waals surface area (Å²) in [7, 11) is 0. The average molecular weight is 378 g/mol. The molecular formula is C22H23FN4O. The zero-order chi connectivity index (χ0) is 19.8. The van der Waals surface area contributed by atoms with E-state index in [1.54, 1.807) is 16.8 Å². The van der Waals surface area contributed by atoms with Crippen molar-refractivity contribution in [2.75, 3.05) is 17.2 Å². The van der Waals surface area contributed by atoms with Crippen molar-refractivity contribution in [3.05, 3.63) is 70.8 Å². The second-order valence-corrected chi connectivity index (χ2v) is 7.21. The summed E-state index contributed by atoms with van der Waals surface area (Å²) < 4.78 is 15.0. The first-order valence-corrected chi connectivity index (χ1v) is 9.44. The molecule has 0 atom stereocenters. The summed E-state index contributed by atoms with van der Waals surface area (Å²) in [6.07, 6.45) is 2.07. The molecule has 1 aliphatic heterocycles. The molecule has 0 fully saturated rings. The molecule has 0 saturated heterocycles. The van der Waals surface area contributed by atoms with E-state index in [-0.39, 0.29) is 18.1 Å². The molecule has 0 spiro atoms. The molecule has 0 bridgehead atoms. The molecule has 2 heterocycles. The fraction of sp³-hybridized carbons (Fsp3) is 0.273. The molecule has 0 saturated carbocycles. The molecule has 0 unspecified atom stereocenters. The SMILES string of the molecule is Cc1nn(-c2ccc(F)cc2)c(C)c1CC(=O)N1CCCc2c(N)cccc21.